The minimum Gasteiger partial charge on any atom is -0.373 e. The summed E-state index contributed by atoms with van der Waals surface area (Å²) in [5, 5.41) is 10.7. The third kappa shape index (κ3) is 3.02. The molecule has 1 aromatic carbocycles. The van der Waals surface area contributed by atoms with Gasteiger partial charge >= 0.3 is 0 Å². The molecule has 2 atom stereocenters. The lowest BCUT2D eigenvalue weighted by Crippen LogP contribution is -2.49. The highest BCUT2D eigenvalue weighted by molar-refractivity contribution is 5.57. The summed E-state index contributed by atoms with van der Waals surface area (Å²) >= 11 is 0. The first-order valence-electron chi connectivity index (χ1n) is 6.36. The second-order valence-corrected chi connectivity index (χ2v) is 4.94. The van der Waals surface area contributed by atoms with Crippen molar-refractivity contribution < 1.29 is 9.66 Å². The SMILES string of the molecule is Cc1cc([N+](=O)[O-])ccc1N1CCOC(C(C)N)C1. The van der Waals surface area contributed by atoms with Gasteiger partial charge in [0.25, 0.3) is 5.69 Å². The van der Waals surface area contributed by atoms with Gasteiger partial charge in [0.05, 0.1) is 17.6 Å². The van der Waals surface area contributed by atoms with E-state index in [0.29, 0.717) is 6.61 Å². The summed E-state index contributed by atoms with van der Waals surface area (Å²) in [5.41, 5.74) is 7.91. The van der Waals surface area contributed by atoms with E-state index in [1.807, 2.05) is 13.8 Å². The Bertz CT molecular complexity index is 476. The van der Waals surface area contributed by atoms with Crippen molar-refractivity contribution in [3.05, 3.63) is 33.9 Å². The first kappa shape index (κ1) is 13.8. The van der Waals surface area contributed by atoms with Crippen LogP contribution in [0, 0.1) is 17.0 Å². The molecule has 104 valence electrons. The third-order valence-electron chi connectivity index (χ3n) is 3.41. The molecule has 0 radical (unpaired) electrons. The number of anilines is 1. The molecule has 0 amide bonds. The molecule has 2 unspecified atom stereocenters. The second-order valence-electron chi connectivity index (χ2n) is 4.94. The Labute approximate surface area is 112 Å². The average molecular weight is 265 g/mol. The van der Waals surface area contributed by atoms with E-state index in [4.69, 9.17) is 10.5 Å². The Morgan fingerprint density at radius 2 is 2.32 bits per heavy atom. The zero-order chi connectivity index (χ0) is 14.0. The summed E-state index contributed by atoms with van der Waals surface area (Å²) in [4.78, 5) is 12.5. The number of ether oxygens (including phenoxy) is 1. The molecular weight excluding hydrogens is 246 g/mol. The Balaban J connectivity index is 2.19. The largest absolute Gasteiger partial charge is 0.373 e. The van der Waals surface area contributed by atoms with Gasteiger partial charge in [0.15, 0.2) is 0 Å². The van der Waals surface area contributed by atoms with E-state index in [9.17, 15) is 10.1 Å². The van der Waals surface area contributed by atoms with Crippen molar-refractivity contribution in [3.63, 3.8) is 0 Å². The van der Waals surface area contributed by atoms with Crippen LogP contribution in [0.2, 0.25) is 0 Å². The quantitative estimate of drug-likeness (QED) is 0.661. The highest BCUT2D eigenvalue weighted by Crippen LogP contribution is 2.26. The number of nitrogens with two attached hydrogens (primary N) is 1. The van der Waals surface area contributed by atoms with Gasteiger partial charge < -0.3 is 15.4 Å². The Hall–Kier alpha value is -1.66. The fourth-order valence-corrected chi connectivity index (χ4v) is 2.32. The van der Waals surface area contributed by atoms with Crippen molar-refractivity contribution in [2.24, 2.45) is 5.73 Å². The van der Waals surface area contributed by atoms with Gasteiger partial charge in [-0.3, -0.25) is 10.1 Å². The van der Waals surface area contributed by atoms with Crippen LogP contribution >= 0.6 is 0 Å². The second kappa shape index (κ2) is 5.54. The number of morpholine rings is 1. The van der Waals surface area contributed by atoms with Gasteiger partial charge in [-0.05, 0) is 25.5 Å². The van der Waals surface area contributed by atoms with Crippen molar-refractivity contribution in [1.82, 2.24) is 0 Å². The molecular formula is C13H19N3O3. The molecule has 0 spiro atoms. The standard InChI is InChI=1S/C13H19N3O3/c1-9-7-11(16(17)18)3-4-12(9)15-5-6-19-13(8-15)10(2)14/h3-4,7,10,13H,5-6,8,14H2,1-2H3. The maximum absolute atomic E-state index is 10.7. The molecule has 1 saturated heterocycles. The van der Waals surface area contributed by atoms with Crippen LogP contribution in [-0.2, 0) is 4.74 Å². The van der Waals surface area contributed by atoms with Crippen LogP contribution in [0.5, 0.6) is 0 Å². The van der Waals surface area contributed by atoms with E-state index >= 15 is 0 Å². The fraction of sp³-hybridized carbons (Fsp3) is 0.538. The maximum atomic E-state index is 10.7. The minimum absolute atomic E-state index is 0.00309. The van der Waals surface area contributed by atoms with Crippen LogP contribution in [0.15, 0.2) is 18.2 Å². The topological polar surface area (TPSA) is 81.6 Å². The summed E-state index contributed by atoms with van der Waals surface area (Å²) in [7, 11) is 0. The lowest BCUT2D eigenvalue weighted by molar-refractivity contribution is -0.384. The summed E-state index contributed by atoms with van der Waals surface area (Å²) in [6.07, 6.45) is 0.00309. The van der Waals surface area contributed by atoms with Crippen LogP contribution < -0.4 is 10.6 Å². The molecule has 1 aliphatic heterocycles. The van der Waals surface area contributed by atoms with E-state index in [1.54, 1.807) is 18.2 Å². The normalized spacial score (nSPS) is 21.2. The van der Waals surface area contributed by atoms with Gasteiger partial charge in [-0.1, -0.05) is 0 Å². The molecule has 1 fully saturated rings. The lowest BCUT2D eigenvalue weighted by atomic mass is 10.1. The number of aryl methyl sites for hydroxylation is 1. The van der Waals surface area contributed by atoms with Gasteiger partial charge in [-0.25, -0.2) is 0 Å². The molecule has 0 aliphatic carbocycles. The van der Waals surface area contributed by atoms with Gasteiger partial charge in [-0.15, -0.1) is 0 Å². The Morgan fingerprint density at radius 1 is 1.58 bits per heavy atom. The first-order valence-corrected chi connectivity index (χ1v) is 6.36. The van der Waals surface area contributed by atoms with Crippen molar-refractivity contribution >= 4 is 11.4 Å². The predicted molar refractivity (Wildman–Crippen MR) is 73.4 cm³/mol. The predicted octanol–water partition coefficient (Wildman–Crippen LogP) is 1.46. The number of nitrogens with zero attached hydrogens (tertiary/aromatic N) is 2. The number of nitro benzene ring substituents is 1. The molecule has 0 bridgehead atoms. The molecule has 1 aliphatic rings. The smallest absolute Gasteiger partial charge is 0.269 e. The number of benzene rings is 1. The third-order valence-corrected chi connectivity index (χ3v) is 3.41. The monoisotopic (exact) mass is 265 g/mol. The number of hydrogen-bond acceptors (Lipinski definition) is 5. The molecule has 0 saturated carbocycles. The van der Waals surface area contributed by atoms with Gasteiger partial charge in [0.2, 0.25) is 0 Å². The molecule has 6 heteroatoms. The average Bonchev–Trinajstić information content (AvgIpc) is 2.38. The number of hydrogen-bond donors (Lipinski definition) is 1. The summed E-state index contributed by atoms with van der Waals surface area (Å²) < 4.78 is 5.62. The molecule has 0 aromatic heterocycles. The van der Waals surface area contributed by atoms with Crippen LogP contribution in [0.4, 0.5) is 11.4 Å². The molecule has 1 aromatic rings. The van der Waals surface area contributed by atoms with Gasteiger partial charge in [-0.2, -0.15) is 0 Å². The summed E-state index contributed by atoms with van der Waals surface area (Å²) in [6.45, 7) is 5.94. The van der Waals surface area contributed by atoms with Crippen LogP contribution in [0.25, 0.3) is 0 Å². The Morgan fingerprint density at radius 3 is 2.89 bits per heavy atom. The summed E-state index contributed by atoms with van der Waals surface area (Å²) in [6, 6.07) is 4.92. The maximum Gasteiger partial charge on any atom is 0.269 e. The zero-order valence-corrected chi connectivity index (χ0v) is 11.2. The fourth-order valence-electron chi connectivity index (χ4n) is 2.32. The van der Waals surface area contributed by atoms with E-state index in [1.165, 1.54) is 0 Å². The highest BCUT2D eigenvalue weighted by atomic mass is 16.6. The van der Waals surface area contributed by atoms with Crippen molar-refractivity contribution in [2.45, 2.75) is 26.0 Å². The van der Waals surface area contributed by atoms with Crippen molar-refractivity contribution in [2.75, 3.05) is 24.6 Å². The zero-order valence-electron chi connectivity index (χ0n) is 11.2. The number of rotatable bonds is 3. The van der Waals surface area contributed by atoms with Crippen LogP contribution in [0.1, 0.15) is 12.5 Å². The molecule has 1 heterocycles. The van der Waals surface area contributed by atoms with Crippen LogP contribution in [0.3, 0.4) is 0 Å². The van der Waals surface area contributed by atoms with Gasteiger partial charge in [0.1, 0.15) is 0 Å². The minimum atomic E-state index is -0.374. The number of non-ortho nitro benzene ring substituents is 1. The van der Waals surface area contributed by atoms with E-state index < -0.39 is 0 Å². The first-order chi connectivity index (χ1) is 8.99. The molecule has 19 heavy (non-hydrogen) atoms. The molecule has 2 N–H and O–H groups in total. The summed E-state index contributed by atoms with van der Waals surface area (Å²) in [5.74, 6) is 0. The van der Waals surface area contributed by atoms with Crippen LogP contribution in [-0.4, -0.2) is 36.8 Å². The Kier molecular flexibility index (Phi) is 4.01. The lowest BCUT2D eigenvalue weighted by Gasteiger charge is -2.36. The van der Waals surface area contributed by atoms with Crippen molar-refractivity contribution in [1.29, 1.82) is 0 Å². The molecule has 6 nitrogen and oxygen atoms in total. The van der Waals surface area contributed by atoms with Gasteiger partial charge in [0, 0.05) is 37.0 Å². The highest BCUT2D eigenvalue weighted by Gasteiger charge is 2.24. The molecule has 2 rings (SSSR count). The number of nitro groups is 1. The van der Waals surface area contributed by atoms with E-state index in [-0.39, 0.29) is 22.8 Å². The van der Waals surface area contributed by atoms with Crippen molar-refractivity contribution in [3.8, 4) is 0 Å². The van der Waals surface area contributed by atoms with E-state index in [0.717, 1.165) is 24.3 Å². The van der Waals surface area contributed by atoms with E-state index in [2.05, 4.69) is 4.90 Å².